The molecule has 0 spiro atoms. The van der Waals surface area contributed by atoms with Crippen molar-refractivity contribution in [3.63, 3.8) is 0 Å². The van der Waals surface area contributed by atoms with Crippen molar-refractivity contribution >= 4 is 29.1 Å². The van der Waals surface area contributed by atoms with E-state index in [0.717, 1.165) is 24.0 Å². The van der Waals surface area contributed by atoms with Crippen molar-refractivity contribution in [1.29, 1.82) is 0 Å². The Morgan fingerprint density at radius 2 is 1.77 bits per heavy atom. The van der Waals surface area contributed by atoms with Crippen LogP contribution in [0.15, 0.2) is 48.5 Å². The van der Waals surface area contributed by atoms with Crippen LogP contribution in [-0.4, -0.2) is 17.9 Å². The molecular formula is C18H17Cl2NO. The number of hydrogen-bond acceptors (Lipinski definition) is 1. The minimum atomic E-state index is -0.327. The number of amides is 1. The Kier molecular flexibility index (Phi) is 4.16. The number of nitrogens with zero attached hydrogens (tertiary/aromatic N) is 1. The van der Waals surface area contributed by atoms with Gasteiger partial charge in [0.05, 0.1) is 15.5 Å². The van der Waals surface area contributed by atoms with Gasteiger partial charge in [0.25, 0.3) is 0 Å². The summed E-state index contributed by atoms with van der Waals surface area (Å²) in [4.78, 5) is 14.6. The summed E-state index contributed by atoms with van der Waals surface area (Å²) in [5.74, 6) is 0.171. The second kappa shape index (κ2) is 5.94. The topological polar surface area (TPSA) is 20.3 Å². The highest BCUT2D eigenvalue weighted by atomic mass is 35.5. The molecule has 0 unspecified atom stereocenters. The minimum absolute atomic E-state index is 0.171. The summed E-state index contributed by atoms with van der Waals surface area (Å²) in [5, 5.41) is 1.05. The van der Waals surface area contributed by atoms with E-state index in [0.29, 0.717) is 16.6 Å². The maximum atomic E-state index is 12.9. The molecule has 1 aliphatic carbocycles. The van der Waals surface area contributed by atoms with Crippen LogP contribution in [-0.2, 0) is 16.8 Å². The number of halogens is 2. The predicted octanol–water partition coefficient (Wildman–Crippen LogP) is 4.68. The molecule has 1 fully saturated rings. The Balaban J connectivity index is 1.76. The van der Waals surface area contributed by atoms with Crippen LogP contribution >= 0.6 is 23.2 Å². The third-order valence-corrected chi connectivity index (χ3v) is 4.98. The summed E-state index contributed by atoms with van der Waals surface area (Å²) in [6.45, 7) is 0.532. The monoisotopic (exact) mass is 333 g/mol. The van der Waals surface area contributed by atoms with Gasteiger partial charge in [-0.2, -0.15) is 0 Å². The summed E-state index contributed by atoms with van der Waals surface area (Å²) in [6.07, 6.45) is 1.84. The van der Waals surface area contributed by atoms with E-state index in [4.69, 9.17) is 23.2 Å². The lowest BCUT2D eigenvalue weighted by Crippen LogP contribution is -2.36. The van der Waals surface area contributed by atoms with Gasteiger partial charge in [-0.05, 0) is 36.1 Å². The third kappa shape index (κ3) is 2.86. The highest BCUT2D eigenvalue weighted by molar-refractivity contribution is 6.42. The minimum Gasteiger partial charge on any atom is -0.341 e. The number of rotatable bonds is 4. The van der Waals surface area contributed by atoms with Gasteiger partial charge in [0.1, 0.15) is 0 Å². The van der Waals surface area contributed by atoms with Crippen LogP contribution in [0.5, 0.6) is 0 Å². The normalized spacial score (nSPS) is 15.4. The van der Waals surface area contributed by atoms with Crippen LogP contribution < -0.4 is 0 Å². The van der Waals surface area contributed by atoms with Crippen molar-refractivity contribution in [2.45, 2.75) is 24.8 Å². The largest absolute Gasteiger partial charge is 0.341 e. The van der Waals surface area contributed by atoms with Crippen molar-refractivity contribution < 1.29 is 4.79 Å². The zero-order valence-electron chi connectivity index (χ0n) is 12.4. The van der Waals surface area contributed by atoms with Crippen LogP contribution in [0.3, 0.4) is 0 Å². The van der Waals surface area contributed by atoms with E-state index in [1.165, 1.54) is 0 Å². The molecule has 0 radical (unpaired) electrons. The molecule has 0 saturated heterocycles. The molecule has 0 atom stereocenters. The van der Waals surface area contributed by atoms with Gasteiger partial charge in [-0.15, -0.1) is 0 Å². The molecule has 2 aromatic carbocycles. The Bertz CT molecular complexity index is 695. The van der Waals surface area contributed by atoms with Crippen molar-refractivity contribution in [2.75, 3.05) is 7.05 Å². The van der Waals surface area contributed by atoms with Gasteiger partial charge >= 0.3 is 0 Å². The van der Waals surface area contributed by atoms with E-state index in [1.54, 1.807) is 11.0 Å². The lowest BCUT2D eigenvalue weighted by atomic mass is 9.94. The molecule has 114 valence electrons. The molecule has 0 aliphatic heterocycles. The summed E-state index contributed by atoms with van der Waals surface area (Å²) in [5.41, 5.74) is 1.77. The summed E-state index contributed by atoms with van der Waals surface area (Å²) >= 11 is 12.0. The molecule has 0 heterocycles. The Labute approximate surface area is 140 Å². The highest BCUT2D eigenvalue weighted by Gasteiger charge is 2.52. The van der Waals surface area contributed by atoms with Gasteiger partial charge in [0.15, 0.2) is 0 Å². The first-order valence-electron chi connectivity index (χ1n) is 7.28. The second-order valence-electron chi connectivity index (χ2n) is 5.86. The van der Waals surface area contributed by atoms with Gasteiger partial charge in [0.2, 0.25) is 5.91 Å². The molecule has 2 aromatic rings. The maximum absolute atomic E-state index is 12.9. The number of carbonyl (C=O) groups excluding carboxylic acids is 1. The zero-order valence-corrected chi connectivity index (χ0v) is 13.9. The molecule has 0 bridgehead atoms. The van der Waals surface area contributed by atoms with Gasteiger partial charge in [0, 0.05) is 13.6 Å². The lowest BCUT2D eigenvalue weighted by molar-refractivity contribution is -0.133. The first-order valence-corrected chi connectivity index (χ1v) is 8.03. The number of benzene rings is 2. The van der Waals surface area contributed by atoms with Gasteiger partial charge in [-0.3, -0.25) is 4.79 Å². The number of hydrogen-bond donors (Lipinski definition) is 0. The molecule has 2 nitrogen and oxygen atoms in total. The molecule has 22 heavy (non-hydrogen) atoms. The van der Waals surface area contributed by atoms with Crippen molar-refractivity contribution in [2.24, 2.45) is 0 Å². The van der Waals surface area contributed by atoms with E-state index in [-0.39, 0.29) is 11.3 Å². The van der Waals surface area contributed by atoms with Gasteiger partial charge in [-0.25, -0.2) is 0 Å². The molecule has 0 aromatic heterocycles. The van der Waals surface area contributed by atoms with E-state index in [2.05, 4.69) is 0 Å². The standard InChI is InChI=1S/C18H17Cl2NO/c1-21(12-13-7-8-15(19)16(20)11-13)17(22)18(9-10-18)14-5-3-2-4-6-14/h2-8,11H,9-10,12H2,1H3. The fourth-order valence-corrected chi connectivity index (χ4v) is 3.18. The summed E-state index contributed by atoms with van der Waals surface area (Å²) in [7, 11) is 1.84. The predicted molar refractivity (Wildman–Crippen MR) is 90.3 cm³/mol. The molecule has 3 rings (SSSR count). The summed E-state index contributed by atoms with van der Waals surface area (Å²) < 4.78 is 0. The van der Waals surface area contributed by atoms with E-state index >= 15 is 0 Å². The molecule has 1 saturated carbocycles. The summed E-state index contributed by atoms with van der Waals surface area (Å²) in [6, 6.07) is 15.5. The molecular weight excluding hydrogens is 317 g/mol. The molecule has 1 aliphatic rings. The van der Waals surface area contributed by atoms with Crippen LogP contribution in [0, 0.1) is 0 Å². The Morgan fingerprint density at radius 1 is 1.09 bits per heavy atom. The van der Waals surface area contributed by atoms with E-state index < -0.39 is 0 Å². The van der Waals surface area contributed by atoms with E-state index in [9.17, 15) is 4.79 Å². The van der Waals surface area contributed by atoms with Gasteiger partial charge < -0.3 is 4.90 Å². The average Bonchev–Trinajstić information content (AvgIpc) is 3.33. The van der Waals surface area contributed by atoms with Crippen LogP contribution in [0.1, 0.15) is 24.0 Å². The SMILES string of the molecule is CN(Cc1ccc(Cl)c(Cl)c1)C(=O)C1(c2ccccc2)CC1. The van der Waals surface area contributed by atoms with Crippen LogP contribution in [0.4, 0.5) is 0 Å². The smallest absolute Gasteiger partial charge is 0.233 e. The average molecular weight is 334 g/mol. The zero-order chi connectivity index (χ0) is 15.7. The van der Waals surface area contributed by atoms with Crippen molar-refractivity contribution in [3.05, 3.63) is 69.7 Å². The molecule has 4 heteroatoms. The maximum Gasteiger partial charge on any atom is 0.233 e. The van der Waals surface area contributed by atoms with Crippen molar-refractivity contribution in [3.8, 4) is 0 Å². The molecule has 0 N–H and O–H groups in total. The lowest BCUT2D eigenvalue weighted by Gasteiger charge is -2.24. The highest BCUT2D eigenvalue weighted by Crippen LogP contribution is 2.49. The molecule has 1 amide bonds. The van der Waals surface area contributed by atoms with Crippen LogP contribution in [0.2, 0.25) is 10.0 Å². The first kappa shape index (κ1) is 15.4. The van der Waals surface area contributed by atoms with Crippen molar-refractivity contribution in [1.82, 2.24) is 4.90 Å². The first-order chi connectivity index (χ1) is 10.5. The number of carbonyl (C=O) groups is 1. The fraction of sp³-hybridized carbons (Fsp3) is 0.278. The van der Waals surface area contributed by atoms with E-state index in [1.807, 2.05) is 49.5 Å². The Hall–Kier alpha value is -1.51. The van der Waals surface area contributed by atoms with Gasteiger partial charge in [-0.1, -0.05) is 59.6 Å². The fourth-order valence-electron chi connectivity index (χ4n) is 2.86. The third-order valence-electron chi connectivity index (χ3n) is 4.24. The Morgan fingerprint density at radius 3 is 2.36 bits per heavy atom. The second-order valence-corrected chi connectivity index (χ2v) is 6.67. The quantitative estimate of drug-likeness (QED) is 0.795. The van der Waals surface area contributed by atoms with Crippen LogP contribution in [0.25, 0.3) is 0 Å². The number of likely N-dealkylation sites (N-methyl/N-ethyl adjacent to an activating group) is 1.